The van der Waals surface area contributed by atoms with E-state index in [-0.39, 0.29) is 11.6 Å². The summed E-state index contributed by atoms with van der Waals surface area (Å²) in [5, 5.41) is 15.5. The molecule has 1 atom stereocenters. The minimum absolute atomic E-state index is 0.193. The van der Waals surface area contributed by atoms with Gasteiger partial charge in [-0.3, -0.25) is 4.79 Å². The van der Waals surface area contributed by atoms with E-state index in [0.29, 0.717) is 0 Å². The van der Waals surface area contributed by atoms with Gasteiger partial charge in [-0.05, 0) is 25.2 Å². The maximum absolute atomic E-state index is 12.2. The van der Waals surface area contributed by atoms with E-state index in [9.17, 15) is 9.59 Å². The molecule has 6 nitrogen and oxygen atoms in total. The molecule has 1 aliphatic rings. The summed E-state index contributed by atoms with van der Waals surface area (Å²) in [6, 6.07) is -0.916. The van der Waals surface area contributed by atoms with E-state index in [2.05, 4.69) is 10.5 Å². The standard InChI is InChI=1S/C14H20N2O4/c1-8(2)11(14(18)19)15-13(17)12-9-6-4-3-5-7-10(9)20-16-12/h8,11H,3-7H2,1-2H3,(H,15,17)(H,18,19)/t11-/m1/s1. The van der Waals surface area contributed by atoms with Crippen LogP contribution < -0.4 is 5.32 Å². The second kappa shape index (κ2) is 6.07. The van der Waals surface area contributed by atoms with Gasteiger partial charge in [-0.2, -0.15) is 0 Å². The fraction of sp³-hybridized carbons (Fsp3) is 0.643. The summed E-state index contributed by atoms with van der Waals surface area (Å²) in [4.78, 5) is 23.3. The van der Waals surface area contributed by atoms with E-state index in [1.165, 1.54) is 0 Å². The first-order valence-electron chi connectivity index (χ1n) is 7.01. The number of carboxylic acids is 1. The number of amides is 1. The molecule has 1 heterocycles. The molecule has 0 unspecified atom stereocenters. The summed E-state index contributed by atoms with van der Waals surface area (Å²) in [6.07, 6.45) is 4.70. The zero-order valence-electron chi connectivity index (χ0n) is 11.8. The molecule has 2 rings (SSSR count). The smallest absolute Gasteiger partial charge is 0.326 e. The molecule has 0 radical (unpaired) electrons. The van der Waals surface area contributed by atoms with E-state index in [1.807, 2.05) is 0 Å². The highest BCUT2D eigenvalue weighted by Crippen LogP contribution is 2.23. The zero-order chi connectivity index (χ0) is 14.7. The number of hydrogen-bond donors (Lipinski definition) is 2. The van der Waals surface area contributed by atoms with Gasteiger partial charge in [-0.15, -0.1) is 0 Å². The van der Waals surface area contributed by atoms with Crippen LogP contribution in [0.5, 0.6) is 0 Å². The Morgan fingerprint density at radius 3 is 2.60 bits per heavy atom. The number of aliphatic carboxylic acids is 1. The predicted molar refractivity (Wildman–Crippen MR) is 71.5 cm³/mol. The van der Waals surface area contributed by atoms with Gasteiger partial charge >= 0.3 is 5.97 Å². The van der Waals surface area contributed by atoms with Gasteiger partial charge in [0.15, 0.2) is 5.69 Å². The van der Waals surface area contributed by atoms with Crippen LogP contribution in [0.3, 0.4) is 0 Å². The average molecular weight is 280 g/mol. The van der Waals surface area contributed by atoms with E-state index < -0.39 is 17.9 Å². The third-order valence-corrected chi connectivity index (χ3v) is 3.63. The summed E-state index contributed by atoms with van der Waals surface area (Å²) in [5.41, 5.74) is 1.08. The van der Waals surface area contributed by atoms with Gasteiger partial charge in [0.25, 0.3) is 5.91 Å². The van der Waals surface area contributed by atoms with Crippen molar-refractivity contribution in [3.05, 3.63) is 17.0 Å². The molecule has 0 bridgehead atoms. The van der Waals surface area contributed by atoms with Crippen molar-refractivity contribution in [3.8, 4) is 0 Å². The van der Waals surface area contributed by atoms with Crippen molar-refractivity contribution in [1.29, 1.82) is 0 Å². The zero-order valence-corrected chi connectivity index (χ0v) is 11.8. The molecule has 1 aromatic rings. The number of hydrogen-bond acceptors (Lipinski definition) is 4. The lowest BCUT2D eigenvalue weighted by atomic mass is 10.0. The minimum atomic E-state index is -1.04. The van der Waals surface area contributed by atoms with Crippen molar-refractivity contribution in [2.24, 2.45) is 5.92 Å². The van der Waals surface area contributed by atoms with Crippen LogP contribution in [0.25, 0.3) is 0 Å². The predicted octanol–water partition coefficient (Wildman–Crippen LogP) is 1.78. The minimum Gasteiger partial charge on any atom is -0.480 e. The fourth-order valence-electron chi connectivity index (χ4n) is 2.46. The summed E-state index contributed by atoms with van der Waals surface area (Å²) >= 11 is 0. The highest BCUT2D eigenvalue weighted by atomic mass is 16.5. The monoisotopic (exact) mass is 280 g/mol. The molecule has 0 spiro atoms. The third kappa shape index (κ3) is 3.00. The molecule has 1 aromatic heterocycles. The molecule has 20 heavy (non-hydrogen) atoms. The third-order valence-electron chi connectivity index (χ3n) is 3.63. The lowest BCUT2D eigenvalue weighted by Crippen LogP contribution is -2.44. The van der Waals surface area contributed by atoms with Crippen LogP contribution in [0, 0.1) is 5.92 Å². The Kier molecular flexibility index (Phi) is 4.42. The van der Waals surface area contributed by atoms with E-state index in [4.69, 9.17) is 9.63 Å². The van der Waals surface area contributed by atoms with Gasteiger partial charge in [0, 0.05) is 12.0 Å². The van der Waals surface area contributed by atoms with Gasteiger partial charge in [0.1, 0.15) is 11.8 Å². The van der Waals surface area contributed by atoms with Crippen molar-refractivity contribution >= 4 is 11.9 Å². The van der Waals surface area contributed by atoms with Crippen molar-refractivity contribution in [3.63, 3.8) is 0 Å². The van der Waals surface area contributed by atoms with Crippen LogP contribution in [0.1, 0.15) is 54.9 Å². The Hall–Kier alpha value is -1.85. The number of nitrogens with one attached hydrogen (secondary N) is 1. The van der Waals surface area contributed by atoms with E-state index in [1.54, 1.807) is 13.8 Å². The number of carbonyl (C=O) groups is 2. The second-order valence-corrected chi connectivity index (χ2v) is 5.53. The van der Waals surface area contributed by atoms with Crippen LogP contribution >= 0.6 is 0 Å². The molecule has 6 heteroatoms. The summed E-state index contributed by atoms with van der Waals surface area (Å²) < 4.78 is 5.23. The van der Waals surface area contributed by atoms with Crippen LogP contribution in [-0.4, -0.2) is 28.2 Å². The normalized spacial score (nSPS) is 16.4. The molecule has 0 aliphatic heterocycles. The van der Waals surface area contributed by atoms with Crippen LogP contribution in [0.2, 0.25) is 0 Å². The molecule has 0 saturated heterocycles. The molecule has 1 amide bonds. The van der Waals surface area contributed by atoms with Crippen LogP contribution in [-0.2, 0) is 17.6 Å². The summed E-state index contributed by atoms with van der Waals surface area (Å²) in [5.74, 6) is -0.924. The lowest BCUT2D eigenvalue weighted by molar-refractivity contribution is -0.140. The van der Waals surface area contributed by atoms with Crippen molar-refractivity contribution in [2.45, 2.75) is 52.0 Å². The Morgan fingerprint density at radius 2 is 1.95 bits per heavy atom. The molecular weight excluding hydrogens is 260 g/mol. The van der Waals surface area contributed by atoms with Crippen molar-refractivity contribution < 1.29 is 19.2 Å². The van der Waals surface area contributed by atoms with Gasteiger partial charge in [-0.1, -0.05) is 25.4 Å². The molecule has 0 fully saturated rings. The Balaban J connectivity index is 2.17. The number of fused-ring (bicyclic) bond motifs is 1. The van der Waals surface area contributed by atoms with Crippen LogP contribution in [0.4, 0.5) is 0 Å². The Bertz CT molecular complexity index is 507. The van der Waals surface area contributed by atoms with Crippen molar-refractivity contribution in [1.82, 2.24) is 10.5 Å². The molecular formula is C14H20N2O4. The molecule has 2 N–H and O–H groups in total. The molecule has 1 aliphatic carbocycles. The van der Waals surface area contributed by atoms with Gasteiger partial charge < -0.3 is 14.9 Å². The van der Waals surface area contributed by atoms with Gasteiger partial charge in [0.05, 0.1) is 0 Å². The number of carbonyl (C=O) groups excluding carboxylic acids is 1. The topological polar surface area (TPSA) is 92.4 Å². The molecule has 110 valence electrons. The molecule has 0 saturated carbocycles. The van der Waals surface area contributed by atoms with Crippen LogP contribution in [0.15, 0.2) is 4.52 Å². The highest BCUT2D eigenvalue weighted by Gasteiger charge is 2.28. The largest absolute Gasteiger partial charge is 0.480 e. The van der Waals surface area contributed by atoms with Gasteiger partial charge in [-0.25, -0.2) is 4.79 Å². The van der Waals surface area contributed by atoms with E-state index in [0.717, 1.165) is 43.4 Å². The Labute approximate surface area is 117 Å². The Morgan fingerprint density at radius 1 is 1.25 bits per heavy atom. The average Bonchev–Trinajstić information content (AvgIpc) is 2.64. The van der Waals surface area contributed by atoms with E-state index >= 15 is 0 Å². The fourth-order valence-corrected chi connectivity index (χ4v) is 2.46. The number of aryl methyl sites for hydroxylation is 1. The second-order valence-electron chi connectivity index (χ2n) is 5.53. The lowest BCUT2D eigenvalue weighted by Gasteiger charge is -2.17. The number of carboxylic acid groups (broad SMARTS) is 1. The first-order valence-corrected chi connectivity index (χ1v) is 7.01. The SMILES string of the molecule is CC(C)[C@@H](NC(=O)c1noc2c1CCCCC2)C(=O)O. The van der Waals surface area contributed by atoms with Gasteiger partial charge in [0.2, 0.25) is 0 Å². The molecule has 0 aromatic carbocycles. The number of nitrogens with zero attached hydrogens (tertiary/aromatic N) is 1. The maximum atomic E-state index is 12.2. The first kappa shape index (κ1) is 14.6. The quantitative estimate of drug-likeness (QED) is 0.820. The highest BCUT2D eigenvalue weighted by molar-refractivity contribution is 5.96. The first-order chi connectivity index (χ1) is 9.50. The number of rotatable bonds is 4. The maximum Gasteiger partial charge on any atom is 0.326 e. The summed E-state index contributed by atoms with van der Waals surface area (Å²) in [6.45, 7) is 3.50. The number of aromatic nitrogens is 1. The van der Waals surface area contributed by atoms with Crippen molar-refractivity contribution in [2.75, 3.05) is 0 Å². The summed E-state index contributed by atoms with van der Waals surface area (Å²) in [7, 11) is 0.